The van der Waals surface area contributed by atoms with Crippen molar-refractivity contribution < 1.29 is 14.1 Å². The molecule has 9 heteroatoms. The number of nitrogens with one attached hydrogen (secondary N) is 2. The van der Waals surface area contributed by atoms with Gasteiger partial charge in [0.2, 0.25) is 5.91 Å². The Morgan fingerprint density at radius 1 is 1.00 bits per heavy atom. The number of carbonyl (C=O) groups is 1. The lowest BCUT2D eigenvalue weighted by molar-refractivity contribution is -0.384. The molecular formula is C23H20N4O5. The van der Waals surface area contributed by atoms with Crippen molar-refractivity contribution in [3.8, 4) is 0 Å². The maximum Gasteiger partial charge on any atom is 0.419 e. The minimum absolute atomic E-state index is 0.148. The number of anilines is 3. The van der Waals surface area contributed by atoms with Gasteiger partial charge >= 0.3 is 5.76 Å². The summed E-state index contributed by atoms with van der Waals surface area (Å²) in [5, 5.41) is 17.1. The molecule has 0 aliphatic rings. The number of para-hydroxylation sites is 3. The summed E-state index contributed by atoms with van der Waals surface area (Å²) in [5.74, 6) is -0.804. The Morgan fingerprint density at radius 2 is 1.72 bits per heavy atom. The van der Waals surface area contributed by atoms with Crippen LogP contribution in [0, 0.1) is 10.1 Å². The highest BCUT2D eigenvalue weighted by atomic mass is 16.6. The Kier molecular flexibility index (Phi) is 5.98. The zero-order valence-electron chi connectivity index (χ0n) is 17.0. The summed E-state index contributed by atoms with van der Waals surface area (Å²) >= 11 is 0. The van der Waals surface area contributed by atoms with E-state index >= 15 is 0 Å². The van der Waals surface area contributed by atoms with E-state index in [1.54, 1.807) is 0 Å². The van der Waals surface area contributed by atoms with Crippen LogP contribution in [-0.2, 0) is 11.3 Å². The fourth-order valence-electron chi connectivity index (χ4n) is 3.37. The first kappa shape index (κ1) is 20.9. The summed E-state index contributed by atoms with van der Waals surface area (Å²) in [6, 6.07) is 21.0. The largest absolute Gasteiger partial charge is 0.419 e. The molecule has 162 valence electrons. The average Bonchev–Trinajstić information content (AvgIpc) is 3.10. The number of fused-ring (bicyclic) bond motifs is 1. The molecular weight excluding hydrogens is 412 g/mol. The summed E-state index contributed by atoms with van der Waals surface area (Å²) in [6.45, 7) is 0.251. The number of amides is 1. The molecule has 1 heterocycles. The number of rotatable bonds is 8. The van der Waals surface area contributed by atoms with Crippen molar-refractivity contribution in [3.63, 3.8) is 0 Å². The number of hydrogen-bond acceptors (Lipinski definition) is 6. The van der Waals surface area contributed by atoms with Crippen LogP contribution in [-0.4, -0.2) is 15.4 Å². The molecule has 1 aromatic heterocycles. The monoisotopic (exact) mass is 432 g/mol. The molecule has 3 aromatic carbocycles. The van der Waals surface area contributed by atoms with E-state index in [4.69, 9.17) is 4.42 Å². The SMILES string of the molecule is O=C(CCCn1c(=O)oc2cc([N+](=O)[O-])ccc21)Nc1ccccc1Nc1ccccc1. The zero-order valence-corrected chi connectivity index (χ0v) is 17.0. The third-order valence-electron chi connectivity index (χ3n) is 4.90. The number of hydrogen-bond donors (Lipinski definition) is 2. The maximum absolute atomic E-state index is 12.5. The van der Waals surface area contributed by atoms with Gasteiger partial charge in [-0.15, -0.1) is 0 Å². The highest BCUT2D eigenvalue weighted by Crippen LogP contribution is 2.25. The molecule has 0 bridgehead atoms. The highest BCUT2D eigenvalue weighted by Gasteiger charge is 2.14. The Bertz CT molecular complexity index is 1330. The van der Waals surface area contributed by atoms with Crippen LogP contribution in [0.5, 0.6) is 0 Å². The lowest BCUT2D eigenvalue weighted by Crippen LogP contribution is -2.17. The van der Waals surface area contributed by atoms with Gasteiger partial charge in [-0.05, 0) is 36.8 Å². The van der Waals surface area contributed by atoms with Gasteiger partial charge in [-0.3, -0.25) is 19.5 Å². The van der Waals surface area contributed by atoms with Crippen molar-refractivity contribution in [2.24, 2.45) is 0 Å². The lowest BCUT2D eigenvalue weighted by Gasteiger charge is -2.13. The minimum Gasteiger partial charge on any atom is -0.407 e. The van der Waals surface area contributed by atoms with Gasteiger partial charge in [-0.2, -0.15) is 0 Å². The van der Waals surface area contributed by atoms with Gasteiger partial charge < -0.3 is 15.1 Å². The average molecular weight is 432 g/mol. The van der Waals surface area contributed by atoms with Gasteiger partial charge in [0, 0.05) is 24.7 Å². The molecule has 0 saturated carbocycles. The molecule has 1 amide bonds. The number of oxazole rings is 1. The van der Waals surface area contributed by atoms with Crippen molar-refractivity contribution in [1.29, 1.82) is 0 Å². The number of benzene rings is 3. The number of nitro benzene ring substituents is 1. The fourth-order valence-corrected chi connectivity index (χ4v) is 3.37. The summed E-state index contributed by atoms with van der Waals surface area (Å²) in [5.41, 5.74) is 2.78. The molecule has 0 spiro atoms. The Labute approximate surface area is 182 Å². The predicted octanol–water partition coefficient (Wildman–Crippen LogP) is 4.67. The number of nitro groups is 1. The third-order valence-corrected chi connectivity index (χ3v) is 4.90. The quantitative estimate of drug-likeness (QED) is 0.309. The summed E-state index contributed by atoms with van der Waals surface area (Å²) < 4.78 is 6.48. The van der Waals surface area contributed by atoms with Crippen molar-refractivity contribution >= 4 is 39.8 Å². The minimum atomic E-state index is -0.613. The van der Waals surface area contributed by atoms with Crippen molar-refractivity contribution in [3.05, 3.63) is 93.5 Å². The molecule has 4 rings (SSSR count). The van der Waals surface area contributed by atoms with Crippen molar-refractivity contribution in [2.75, 3.05) is 10.6 Å². The summed E-state index contributed by atoms with van der Waals surface area (Å²) in [4.78, 5) is 35.0. The highest BCUT2D eigenvalue weighted by molar-refractivity contribution is 5.94. The van der Waals surface area contributed by atoms with Crippen LogP contribution in [0.2, 0.25) is 0 Å². The molecule has 0 aliphatic carbocycles. The molecule has 0 aliphatic heterocycles. The molecule has 0 radical (unpaired) electrons. The van der Waals surface area contributed by atoms with Gasteiger partial charge in [0.25, 0.3) is 5.69 Å². The van der Waals surface area contributed by atoms with E-state index in [1.165, 1.54) is 22.8 Å². The predicted molar refractivity (Wildman–Crippen MR) is 121 cm³/mol. The Morgan fingerprint density at radius 3 is 2.47 bits per heavy atom. The first-order valence-corrected chi connectivity index (χ1v) is 10.00. The normalized spacial score (nSPS) is 10.8. The topological polar surface area (TPSA) is 119 Å². The second-order valence-electron chi connectivity index (χ2n) is 7.12. The standard InChI is InChI=1S/C23H20N4O5/c28-22(25-19-10-5-4-9-18(19)24-16-7-2-1-3-8-16)11-6-14-26-20-13-12-17(27(30)31)15-21(20)32-23(26)29/h1-5,7-10,12-13,15,24H,6,11,14H2,(H,25,28). The first-order valence-electron chi connectivity index (χ1n) is 10.00. The third kappa shape index (κ3) is 4.67. The Hall–Kier alpha value is -4.40. The van der Waals surface area contributed by atoms with E-state index in [-0.39, 0.29) is 30.1 Å². The van der Waals surface area contributed by atoms with Crippen LogP contribution in [0.15, 0.2) is 82.0 Å². The number of carbonyl (C=O) groups excluding carboxylic acids is 1. The number of nitrogens with zero attached hydrogens (tertiary/aromatic N) is 2. The van der Waals surface area contributed by atoms with Crippen molar-refractivity contribution in [1.82, 2.24) is 4.57 Å². The summed E-state index contributed by atoms with van der Waals surface area (Å²) in [7, 11) is 0. The van der Waals surface area contributed by atoms with Crippen LogP contribution < -0.4 is 16.4 Å². The molecule has 0 fully saturated rings. The van der Waals surface area contributed by atoms with Gasteiger partial charge in [-0.1, -0.05) is 30.3 Å². The molecule has 32 heavy (non-hydrogen) atoms. The lowest BCUT2D eigenvalue weighted by atomic mass is 10.2. The summed E-state index contributed by atoms with van der Waals surface area (Å²) in [6.07, 6.45) is 0.581. The van der Waals surface area contributed by atoms with Crippen LogP contribution >= 0.6 is 0 Å². The fraction of sp³-hybridized carbons (Fsp3) is 0.130. The van der Waals surface area contributed by atoms with Crippen LogP contribution in [0.4, 0.5) is 22.7 Å². The van der Waals surface area contributed by atoms with Gasteiger partial charge in [-0.25, -0.2) is 4.79 Å². The van der Waals surface area contributed by atoms with E-state index in [1.807, 2.05) is 54.6 Å². The van der Waals surface area contributed by atoms with E-state index in [9.17, 15) is 19.7 Å². The molecule has 0 atom stereocenters. The van der Waals surface area contributed by atoms with E-state index in [2.05, 4.69) is 10.6 Å². The maximum atomic E-state index is 12.5. The molecule has 0 unspecified atom stereocenters. The molecule has 0 saturated heterocycles. The van der Waals surface area contributed by atoms with Gasteiger partial charge in [0.05, 0.1) is 27.9 Å². The smallest absolute Gasteiger partial charge is 0.407 e. The Balaban J connectivity index is 1.39. The zero-order chi connectivity index (χ0) is 22.5. The number of aromatic nitrogens is 1. The molecule has 2 N–H and O–H groups in total. The van der Waals surface area contributed by atoms with Crippen LogP contribution in [0.1, 0.15) is 12.8 Å². The van der Waals surface area contributed by atoms with E-state index in [0.29, 0.717) is 17.6 Å². The second-order valence-corrected chi connectivity index (χ2v) is 7.12. The molecule has 4 aromatic rings. The number of aryl methyl sites for hydroxylation is 1. The van der Waals surface area contributed by atoms with Gasteiger partial charge in [0.1, 0.15) is 0 Å². The van der Waals surface area contributed by atoms with Gasteiger partial charge in [0.15, 0.2) is 5.58 Å². The second kappa shape index (κ2) is 9.17. The molecule has 9 nitrogen and oxygen atoms in total. The number of non-ortho nitro benzene ring substituents is 1. The van der Waals surface area contributed by atoms with E-state index < -0.39 is 10.7 Å². The first-order chi connectivity index (χ1) is 15.5. The van der Waals surface area contributed by atoms with E-state index in [0.717, 1.165) is 11.4 Å². The van der Waals surface area contributed by atoms with Crippen LogP contribution in [0.3, 0.4) is 0 Å². The van der Waals surface area contributed by atoms with Crippen LogP contribution in [0.25, 0.3) is 11.1 Å². The van der Waals surface area contributed by atoms with Crippen molar-refractivity contribution in [2.45, 2.75) is 19.4 Å².